The molecule has 4 aliphatic rings. The summed E-state index contributed by atoms with van der Waals surface area (Å²) in [5.41, 5.74) is 18.9. The van der Waals surface area contributed by atoms with Crippen LogP contribution >= 0.6 is 0 Å². The molecule has 0 heteroatoms. The Hall–Kier alpha value is -4.94. The number of rotatable bonds is 2. The number of fused-ring (bicyclic) bond motifs is 5. The van der Waals surface area contributed by atoms with Gasteiger partial charge in [0.1, 0.15) is 0 Å². The fraction of sp³-hybridized carbons (Fsp3) is 0.240. The summed E-state index contributed by atoms with van der Waals surface area (Å²) in [6.45, 7) is 14.5. The number of hydrogen-bond donors (Lipinski definition) is 0. The van der Waals surface area contributed by atoms with Crippen molar-refractivity contribution in [1.29, 1.82) is 0 Å². The largest absolute Gasteiger partial charge is 0.0800 e. The molecule has 0 saturated carbocycles. The molecule has 0 amide bonds. The van der Waals surface area contributed by atoms with E-state index in [4.69, 9.17) is 0 Å². The molecular weight excluding hydrogens is 601 g/mol. The first-order valence-electron chi connectivity index (χ1n) is 18.5. The summed E-state index contributed by atoms with van der Waals surface area (Å²) in [5, 5.41) is 5.28. The van der Waals surface area contributed by atoms with Crippen molar-refractivity contribution in [3.63, 3.8) is 0 Å². The highest BCUT2D eigenvalue weighted by molar-refractivity contribution is 6.23. The van der Waals surface area contributed by atoms with Crippen molar-refractivity contribution in [1.82, 2.24) is 0 Å². The predicted octanol–water partition coefficient (Wildman–Crippen LogP) is 14.0. The first kappa shape index (κ1) is 29.9. The smallest absolute Gasteiger partial charge is 0.00959 e. The van der Waals surface area contributed by atoms with Gasteiger partial charge in [-0.3, -0.25) is 0 Å². The lowest BCUT2D eigenvalue weighted by atomic mass is 9.60. The monoisotopic (exact) mass is 644 g/mol. The minimum absolute atomic E-state index is 0.127. The van der Waals surface area contributed by atoms with Gasteiger partial charge in [-0.2, -0.15) is 0 Å². The van der Waals surface area contributed by atoms with E-state index in [9.17, 15) is 0 Å². The van der Waals surface area contributed by atoms with Crippen LogP contribution < -0.4 is 0 Å². The molecule has 0 aromatic heterocycles. The highest BCUT2D eigenvalue weighted by Crippen LogP contribution is 2.62. The van der Waals surface area contributed by atoms with Gasteiger partial charge in [0.25, 0.3) is 0 Å². The standard InChI is InChI=1S/C50H44/c1-49(2,3)33-23-31-21-22-36-43(50(4,5)6)28-42-38-27-41-40(26-37(38)39-25-32(24-33)44(31)48(36)47(39)42)45(29-15-9-7-10-16-29)34-19-13-14-20-35(34)46(41)30-17-11-8-12-18-30/h7-22,24-28,31,36,43H,23H2,1-6H3. The maximum Gasteiger partial charge on any atom is 0.00959 e. The lowest BCUT2D eigenvalue weighted by molar-refractivity contribution is 0.268. The fourth-order valence-corrected chi connectivity index (χ4v) is 9.92. The Labute approximate surface area is 296 Å². The van der Waals surface area contributed by atoms with E-state index < -0.39 is 0 Å². The number of hydrogen-bond acceptors (Lipinski definition) is 0. The van der Waals surface area contributed by atoms with Crippen LogP contribution in [-0.4, -0.2) is 0 Å². The van der Waals surface area contributed by atoms with Crippen LogP contribution in [-0.2, 0) is 0 Å². The molecule has 4 aliphatic carbocycles. The van der Waals surface area contributed by atoms with Crippen LogP contribution in [0.15, 0.2) is 127 Å². The Kier molecular flexibility index (Phi) is 6.17. The minimum atomic E-state index is 0.127. The van der Waals surface area contributed by atoms with E-state index in [1.165, 1.54) is 77.2 Å². The first-order chi connectivity index (χ1) is 24.1. The molecule has 3 unspecified atom stereocenters. The van der Waals surface area contributed by atoms with E-state index in [1.807, 2.05) is 0 Å². The lowest BCUT2D eigenvalue weighted by Crippen LogP contribution is -2.31. The van der Waals surface area contributed by atoms with Crippen LogP contribution in [0, 0.1) is 16.7 Å². The zero-order chi connectivity index (χ0) is 34.1. The molecule has 0 radical (unpaired) electrons. The van der Waals surface area contributed by atoms with Crippen LogP contribution in [0.3, 0.4) is 0 Å². The molecule has 10 rings (SSSR count). The van der Waals surface area contributed by atoms with Crippen LogP contribution in [0.1, 0.15) is 87.6 Å². The molecule has 50 heavy (non-hydrogen) atoms. The molecule has 3 atom stereocenters. The average Bonchev–Trinajstić information content (AvgIpc) is 3.41. The molecule has 0 heterocycles. The van der Waals surface area contributed by atoms with Gasteiger partial charge in [0.05, 0.1) is 0 Å². The molecule has 0 bridgehead atoms. The number of allylic oxidation sites excluding steroid dienone is 4. The van der Waals surface area contributed by atoms with E-state index in [2.05, 4.69) is 169 Å². The van der Waals surface area contributed by atoms with E-state index in [1.54, 1.807) is 16.7 Å². The SMILES string of the molecule is CC(C)(C)C1=Cc2cc3c4c5c2C(C=CC5C(C(C)(C)C)C=C4c2cc4c(-c5ccccc5)c5ccccc5c(-c5ccccc5)c4cc2-3)C1. The minimum Gasteiger partial charge on any atom is -0.0800 e. The second kappa shape index (κ2) is 10.3. The van der Waals surface area contributed by atoms with E-state index >= 15 is 0 Å². The van der Waals surface area contributed by atoms with E-state index in [0.717, 1.165) is 6.42 Å². The Balaban J connectivity index is 1.37. The van der Waals surface area contributed by atoms with Gasteiger partial charge in [0, 0.05) is 11.8 Å². The normalized spacial score (nSPS) is 20.1. The molecular formula is C50H44. The van der Waals surface area contributed by atoms with Crippen molar-refractivity contribution in [2.24, 2.45) is 16.7 Å². The molecule has 244 valence electrons. The van der Waals surface area contributed by atoms with Crippen molar-refractivity contribution in [2.45, 2.75) is 59.8 Å². The van der Waals surface area contributed by atoms with Gasteiger partial charge in [-0.05, 0) is 130 Å². The van der Waals surface area contributed by atoms with Crippen LogP contribution in [0.25, 0.3) is 66.6 Å². The molecule has 0 saturated heterocycles. The van der Waals surface area contributed by atoms with Crippen LogP contribution in [0.4, 0.5) is 0 Å². The van der Waals surface area contributed by atoms with Gasteiger partial charge >= 0.3 is 0 Å². The van der Waals surface area contributed by atoms with Crippen LogP contribution in [0.5, 0.6) is 0 Å². The maximum absolute atomic E-state index is 2.67. The molecule has 6 aromatic carbocycles. The summed E-state index contributed by atoms with van der Waals surface area (Å²) < 4.78 is 0. The Morgan fingerprint density at radius 2 is 1.12 bits per heavy atom. The second-order valence-corrected chi connectivity index (χ2v) is 17.3. The van der Waals surface area contributed by atoms with E-state index in [-0.39, 0.29) is 10.8 Å². The first-order valence-corrected chi connectivity index (χ1v) is 18.5. The third-order valence-electron chi connectivity index (χ3n) is 12.3. The van der Waals surface area contributed by atoms with Gasteiger partial charge in [0.15, 0.2) is 0 Å². The predicted molar refractivity (Wildman–Crippen MR) is 214 cm³/mol. The lowest BCUT2D eigenvalue weighted by Gasteiger charge is -2.44. The molecule has 0 nitrogen and oxygen atoms in total. The Morgan fingerprint density at radius 1 is 0.540 bits per heavy atom. The van der Waals surface area contributed by atoms with Gasteiger partial charge in [-0.25, -0.2) is 0 Å². The molecule has 6 aromatic rings. The van der Waals surface area contributed by atoms with Crippen molar-refractivity contribution in [2.75, 3.05) is 0 Å². The van der Waals surface area contributed by atoms with Crippen molar-refractivity contribution >= 4 is 33.2 Å². The van der Waals surface area contributed by atoms with Crippen molar-refractivity contribution in [3.05, 3.63) is 155 Å². The van der Waals surface area contributed by atoms with Gasteiger partial charge < -0.3 is 0 Å². The molecule has 0 N–H and O–H groups in total. The summed E-state index contributed by atoms with van der Waals surface area (Å²) in [4.78, 5) is 0. The molecule has 0 fully saturated rings. The summed E-state index contributed by atoms with van der Waals surface area (Å²) >= 11 is 0. The zero-order valence-electron chi connectivity index (χ0n) is 30.1. The average molecular weight is 645 g/mol. The fourth-order valence-electron chi connectivity index (χ4n) is 9.92. The van der Waals surface area contributed by atoms with E-state index in [0.29, 0.717) is 17.8 Å². The van der Waals surface area contributed by atoms with Crippen LogP contribution in [0.2, 0.25) is 0 Å². The summed E-state index contributed by atoms with van der Waals surface area (Å²) in [5.74, 6) is 1.26. The summed E-state index contributed by atoms with van der Waals surface area (Å²) in [6, 6.07) is 38.9. The molecule has 0 spiro atoms. The number of benzene rings is 6. The van der Waals surface area contributed by atoms with Gasteiger partial charge in [0.2, 0.25) is 0 Å². The second-order valence-electron chi connectivity index (χ2n) is 17.3. The topological polar surface area (TPSA) is 0 Å². The highest BCUT2D eigenvalue weighted by atomic mass is 14.5. The maximum atomic E-state index is 2.67. The highest BCUT2D eigenvalue weighted by Gasteiger charge is 2.45. The Bertz CT molecular complexity index is 2500. The molecule has 0 aliphatic heterocycles. The summed E-state index contributed by atoms with van der Waals surface area (Å²) in [7, 11) is 0. The third-order valence-corrected chi connectivity index (χ3v) is 12.3. The quantitative estimate of drug-likeness (QED) is 0.130. The Morgan fingerprint density at radius 3 is 1.70 bits per heavy atom. The van der Waals surface area contributed by atoms with Gasteiger partial charge in [-0.1, -0.05) is 156 Å². The van der Waals surface area contributed by atoms with Crippen molar-refractivity contribution in [3.8, 4) is 33.4 Å². The van der Waals surface area contributed by atoms with Gasteiger partial charge in [-0.15, -0.1) is 0 Å². The third kappa shape index (κ3) is 4.18. The van der Waals surface area contributed by atoms with Crippen molar-refractivity contribution < 1.29 is 0 Å². The zero-order valence-corrected chi connectivity index (χ0v) is 30.1. The summed E-state index contributed by atoms with van der Waals surface area (Å²) in [6.07, 6.45) is 11.5.